The average Bonchev–Trinajstić information content (AvgIpc) is 3.10. The summed E-state index contributed by atoms with van der Waals surface area (Å²) in [6.07, 6.45) is 2.33. The summed E-state index contributed by atoms with van der Waals surface area (Å²) in [5, 5.41) is 5.51. The van der Waals surface area contributed by atoms with E-state index in [2.05, 4.69) is 9.93 Å². The average molecular weight is 368 g/mol. The number of benzene rings is 1. The number of hydrogen-bond acceptors (Lipinski definition) is 6. The molecular formula is C16H20N2O4S2. The van der Waals surface area contributed by atoms with Crippen LogP contribution in [0.4, 0.5) is 0 Å². The van der Waals surface area contributed by atoms with E-state index in [1.165, 1.54) is 12.3 Å². The van der Waals surface area contributed by atoms with Gasteiger partial charge in [-0.15, -0.1) is 11.3 Å². The summed E-state index contributed by atoms with van der Waals surface area (Å²) >= 11 is 1.13. The fraction of sp³-hybridized carbons (Fsp3) is 0.312. The predicted molar refractivity (Wildman–Crippen MR) is 95.6 cm³/mol. The van der Waals surface area contributed by atoms with Crippen molar-refractivity contribution in [1.29, 1.82) is 0 Å². The monoisotopic (exact) mass is 368 g/mol. The number of thiophene rings is 1. The van der Waals surface area contributed by atoms with Crippen molar-refractivity contribution in [1.82, 2.24) is 4.83 Å². The Balaban J connectivity index is 2.10. The van der Waals surface area contributed by atoms with Crippen LogP contribution in [-0.4, -0.2) is 27.8 Å². The zero-order chi connectivity index (χ0) is 17.4. The van der Waals surface area contributed by atoms with Crippen molar-refractivity contribution in [3.63, 3.8) is 0 Å². The molecule has 0 fully saturated rings. The van der Waals surface area contributed by atoms with Crippen molar-refractivity contribution in [2.24, 2.45) is 5.10 Å². The minimum Gasteiger partial charge on any atom is -0.490 e. The molecule has 8 heteroatoms. The van der Waals surface area contributed by atoms with Crippen LogP contribution >= 0.6 is 11.3 Å². The van der Waals surface area contributed by atoms with Crippen molar-refractivity contribution < 1.29 is 17.9 Å². The second-order valence-electron chi connectivity index (χ2n) is 4.77. The van der Waals surface area contributed by atoms with Crippen molar-refractivity contribution in [2.75, 3.05) is 13.2 Å². The first-order valence-corrected chi connectivity index (χ1v) is 9.91. The van der Waals surface area contributed by atoms with Gasteiger partial charge >= 0.3 is 0 Å². The lowest BCUT2D eigenvalue weighted by molar-refractivity contribution is 0.277. The number of sulfonamides is 1. The van der Waals surface area contributed by atoms with Gasteiger partial charge in [-0.05, 0) is 48.6 Å². The molecular weight excluding hydrogens is 348 g/mol. The minimum absolute atomic E-state index is 0.220. The Labute approximate surface area is 146 Å². The fourth-order valence-corrected chi connectivity index (χ4v) is 3.61. The van der Waals surface area contributed by atoms with E-state index in [0.29, 0.717) is 30.3 Å². The van der Waals surface area contributed by atoms with E-state index in [-0.39, 0.29) is 4.21 Å². The highest BCUT2D eigenvalue weighted by Crippen LogP contribution is 2.28. The quantitative estimate of drug-likeness (QED) is 0.544. The van der Waals surface area contributed by atoms with E-state index >= 15 is 0 Å². The maximum atomic E-state index is 12.0. The van der Waals surface area contributed by atoms with Gasteiger partial charge in [0.15, 0.2) is 11.5 Å². The third-order valence-corrected chi connectivity index (χ3v) is 5.50. The van der Waals surface area contributed by atoms with Gasteiger partial charge in [0.2, 0.25) is 0 Å². The maximum Gasteiger partial charge on any atom is 0.286 e. The zero-order valence-corrected chi connectivity index (χ0v) is 15.2. The number of hydrogen-bond donors (Lipinski definition) is 1. The molecule has 0 spiro atoms. The molecule has 1 aromatic heterocycles. The van der Waals surface area contributed by atoms with E-state index in [1.54, 1.807) is 29.6 Å². The Bertz CT molecular complexity index is 771. The third kappa shape index (κ3) is 4.97. The van der Waals surface area contributed by atoms with Gasteiger partial charge in [-0.25, -0.2) is 0 Å². The molecule has 1 heterocycles. The molecule has 0 atom stereocenters. The Kier molecular flexibility index (Phi) is 6.62. The van der Waals surface area contributed by atoms with Gasteiger partial charge in [0.05, 0.1) is 19.4 Å². The van der Waals surface area contributed by atoms with E-state index in [1.807, 2.05) is 13.8 Å². The predicted octanol–water partition coefficient (Wildman–Crippen LogP) is 3.25. The van der Waals surface area contributed by atoms with Crippen molar-refractivity contribution in [3.05, 3.63) is 41.3 Å². The second kappa shape index (κ2) is 8.70. The summed E-state index contributed by atoms with van der Waals surface area (Å²) in [4.78, 5) is 2.19. The van der Waals surface area contributed by atoms with E-state index in [4.69, 9.17) is 9.47 Å². The molecule has 0 radical (unpaired) electrons. The van der Waals surface area contributed by atoms with Gasteiger partial charge < -0.3 is 9.47 Å². The number of hydrazone groups is 1. The summed E-state index contributed by atoms with van der Waals surface area (Å²) in [6, 6.07) is 8.53. The van der Waals surface area contributed by atoms with Crippen molar-refractivity contribution >= 4 is 27.6 Å². The SMILES string of the molecule is CCCOc1ccc(/C=N/NS(=O)(=O)c2cccs2)cc1OCC. The van der Waals surface area contributed by atoms with Gasteiger partial charge in [-0.3, -0.25) is 0 Å². The topological polar surface area (TPSA) is 77.0 Å². The molecule has 24 heavy (non-hydrogen) atoms. The van der Waals surface area contributed by atoms with Crippen LogP contribution in [0.25, 0.3) is 0 Å². The third-order valence-electron chi connectivity index (χ3n) is 2.88. The first-order valence-electron chi connectivity index (χ1n) is 7.55. The lowest BCUT2D eigenvalue weighted by Gasteiger charge is -2.11. The Morgan fingerprint density at radius 1 is 1.21 bits per heavy atom. The molecule has 0 unspecified atom stereocenters. The Morgan fingerprint density at radius 3 is 2.71 bits per heavy atom. The molecule has 0 aliphatic heterocycles. The molecule has 1 N–H and O–H groups in total. The fourth-order valence-electron chi connectivity index (χ4n) is 1.84. The van der Waals surface area contributed by atoms with Crippen LogP contribution in [0.2, 0.25) is 0 Å². The van der Waals surface area contributed by atoms with Gasteiger partial charge in [-0.1, -0.05) is 13.0 Å². The summed E-state index contributed by atoms with van der Waals surface area (Å²) in [7, 11) is -3.61. The molecule has 0 amide bonds. The first kappa shape index (κ1) is 18.3. The van der Waals surface area contributed by atoms with Crippen LogP contribution in [0.5, 0.6) is 11.5 Å². The highest BCUT2D eigenvalue weighted by molar-refractivity contribution is 7.91. The molecule has 130 valence electrons. The van der Waals surface area contributed by atoms with E-state index < -0.39 is 10.0 Å². The van der Waals surface area contributed by atoms with Crippen LogP contribution in [0, 0.1) is 0 Å². The summed E-state index contributed by atoms with van der Waals surface area (Å²) in [5.41, 5.74) is 0.705. The minimum atomic E-state index is -3.61. The molecule has 1 aromatic carbocycles. The molecule has 0 aliphatic carbocycles. The number of rotatable bonds is 9. The van der Waals surface area contributed by atoms with E-state index in [0.717, 1.165) is 17.8 Å². The van der Waals surface area contributed by atoms with Gasteiger partial charge in [0.25, 0.3) is 10.0 Å². The van der Waals surface area contributed by atoms with Crippen molar-refractivity contribution in [2.45, 2.75) is 24.5 Å². The molecule has 0 aliphatic rings. The smallest absolute Gasteiger partial charge is 0.286 e. The summed E-state index contributed by atoms with van der Waals surface area (Å²) in [5.74, 6) is 1.27. The van der Waals surface area contributed by atoms with Crippen LogP contribution in [-0.2, 0) is 10.0 Å². The number of nitrogens with one attached hydrogen (secondary N) is 1. The Morgan fingerprint density at radius 2 is 2.04 bits per heavy atom. The molecule has 0 bridgehead atoms. The maximum absolute atomic E-state index is 12.0. The van der Waals surface area contributed by atoms with Crippen LogP contribution < -0.4 is 14.3 Å². The molecule has 0 saturated carbocycles. The summed E-state index contributed by atoms with van der Waals surface area (Å²) in [6.45, 7) is 5.03. The van der Waals surface area contributed by atoms with Gasteiger partial charge in [0.1, 0.15) is 4.21 Å². The molecule has 0 saturated heterocycles. The number of ether oxygens (including phenoxy) is 2. The second-order valence-corrected chi connectivity index (χ2v) is 7.61. The first-order chi connectivity index (χ1) is 11.6. The number of nitrogens with zero attached hydrogens (tertiary/aromatic N) is 1. The van der Waals surface area contributed by atoms with E-state index in [9.17, 15) is 8.42 Å². The van der Waals surface area contributed by atoms with Gasteiger partial charge in [0, 0.05) is 0 Å². The normalized spacial score (nSPS) is 11.6. The molecule has 6 nitrogen and oxygen atoms in total. The van der Waals surface area contributed by atoms with Crippen molar-refractivity contribution in [3.8, 4) is 11.5 Å². The van der Waals surface area contributed by atoms with Crippen LogP contribution in [0.1, 0.15) is 25.8 Å². The Hall–Kier alpha value is -2.06. The largest absolute Gasteiger partial charge is 0.490 e. The lowest BCUT2D eigenvalue weighted by atomic mass is 10.2. The molecule has 2 aromatic rings. The highest BCUT2D eigenvalue weighted by Gasteiger charge is 2.13. The lowest BCUT2D eigenvalue weighted by Crippen LogP contribution is -2.17. The molecule has 2 rings (SSSR count). The van der Waals surface area contributed by atoms with Crippen LogP contribution in [0.3, 0.4) is 0 Å². The van der Waals surface area contributed by atoms with Crippen LogP contribution in [0.15, 0.2) is 45.0 Å². The standard InChI is InChI=1S/C16H20N2O4S2/c1-3-9-22-14-8-7-13(11-15(14)21-4-2)12-17-18-24(19,20)16-6-5-10-23-16/h5-8,10-12,18H,3-4,9H2,1-2H3/b17-12+. The summed E-state index contributed by atoms with van der Waals surface area (Å²) < 4.78 is 35.3. The van der Waals surface area contributed by atoms with Gasteiger partial charge in [-0.2, -0.15) is 18.4 Å². The highest BCUT2D eigenvalue weighted by atomic mass is 32.2. The zero-order valence-electron chi connectivity index (χ0n) is 13.6.